The van der Waals surface area contributed by atoms with Crippen LogP contribution >= 0.6 is 23.2 Å². The van der Waals surface area contributed by atoms with Gasteiger partial charge < -0.3 is 48.3 Å². The van der Waals surface area contributed by atoms with Crippen molar-refractivity contribution in [3.05, 3.63) is 10.4 Å². The van der Waals surface area contributed by atoms with Crippen molar-refractivity contribution in [1.29, 1.82) is 0 Å². The van der Waals surface area contributed by atoms with E-state index in [2.05, 4.69) is 0 Å². The molecule has 2 aliphatic rings. The summed E-state index contributed by atoms with van der Waals surface area (Å²) in [5.41, 5.74) is -3.57. The average Bonchev–Trinajstić information content (AvgIpc) is 2.88. The zero-order valence-electron chi connectivity index (χ0n) is 24.4. The molecule has 248 valence electrons. The van der Waals surface area contributed by atoms with Gasteiger partial charge >= 0.3 is 47.9 Å². The van der Waals surface area contributed by atoms with Crippen LogP contribution in [0.15, 0.2) is 0 Å². The molecule has 0 aromatic rings. The van der Waals surface area contributed by atoms with Gasteiger partial charge in [0.15, 0.2) is 12.2 Å². The zero-order chi connectivity index (χ0) is 33.5. The quantitative estimate of drug-likeness (QED) is 0.0740. The number of hydroxylamine groups is 2. The Labute approximate surface area is 260 Å². The standard InChI is InChI=1S/C24H32Cl2N2O16/c1-9(29)37-7-15-19(39-11(3)31)21(41-13(5)33)17(23(25)43-15)27(35)28(36)18-22(42-14(6)34)20(40-12(4)32)16(44-24(18)26)8-38-10(2)30/h15-24H,7-8H2,1-6H3/b28-27+/t15-,16-,17-,18-,19-,20+,21-,22-,23+,24+/m1/s1. The van der Waals surface area contributed by atoms with Gasteiger partial charge in [-0.15, -0.1) is 0 Å². The lowest BCUT2D eigenvalue weighted by molar-refractivity contribution is -1.00. The van der Waals surface area contributed by atoms with Crippen molar-refractivity contribution in [3.63, 3.8) is 0 Å². The first-order valence-corrected chi connectivity index (χ1v) is 13.8. The van der Waals surface area contributed by atoms with E-state index in [4.69, 9.17) is 61.1 Å². The predicted molar refractivity (Wildman–Crippen MR) is 139 cm³/mol. The summed E-state index contributed by atoms with van der Waals surface area (Å²) < 4.78 is 41.9. The van der Waals surface area contributed by atoms with E-state index in [-0.39, 0.29) is 9.72 Å². The molecule has 2 heterocycles. The second kappa shape index (κ2) is 16.0. The van der Waals surface area contributed by atoms with Gasteiger partial charge in [0, 0.05) is 51.3 Å². The molecule has 44 heavy (non-hydrogen) atoms. The number of hydrogen-bond donors (Lipinski definition) is 0. The zero-order valence-corrected chi connectivity index (χ0v) is 25.9. The maximum Gasteiger partial charge on any atom is 0.308 e. The molecular weight excluding hydrogens is 643 g/mol. The minimum absolute atomic E-state index is 0.360. The van der Waals surface area contributed by atoms with Crippen LogP contribution in [0, 0.1) is 10.4 Å². The number of carbonyl (C=O) groups is 6. The van der Waals surface area contributed by atoms with Gasteiger partial charge in [-0.1, -0.05) is 23.2 Å². The molecule has 0 aromatic carbocycles. The van der Waals surface area contributed by atoms with Crippen molar-refractivity contribution in [2.24, 2.45) is 0 Å². The fourth-order valence-electron chi connectivity index (χ4n) is 4.47. The molecule has 0 aliphatic carbocycles. The highest BCUT2D eigenvalue weighted by atomic mass is 35.5. The summed E-state index contributed by atoms with van der Waals surface area (Å²) in [7, 11) is 0. The maximum absolute atomic E-state index is 13.7. The smallest absolute Gasteiger partial charge is 0.308 e. The van der Waals surface area contributed by atoms with Crippen LogP contribution in [0.25, 0.3) is 0 Å². The Balaban J connectivity index is 2.65. The van der Waals surface area contributed by atoms with Crippen LogP contribution in [0.4, 0.5) is 0 Å². The van der Waals surface area contributed by atoms with Crippen LogP contribution in [-0.2, 0) is 66.7 Å². The Bertz CT molecular complexity index is 1070. The Morgan fingerprint density at radius 1 is 0.545 bits per heavy atom. The molecule has 2 saturated heterocycles. The minimum atomic E-state index is -1.97. The molecule has 18 nitrogen and oxygen atoms in total. The van der Waals surface area contributed by atoms with E-state index in [0.717, 1.165) is 41.5 Å². The van der Waals surface area contributed by atoms with E-state index in [1.807, 2.05) is 0 Å². The molecule has 20 heteroatoms. The summed E-state index contributed by atoms with van der Waals surface area (Å²) >= 11 is 12.7. The molecule has 10 atom stereocenters. The highest BCUT2D eigenvalue weighted by Gasteiger charge is 2.61. The van der Waals surface area contributed by atoms with Gasteiger partial charge in [0.2, 0.25) is 23.3 Å². The van der Waals surface area contributed by atoms with Gasteiger partial charge in [0.25, 0.3) is 0 Å². The molecule has 0 bridgehead atoms. The van der Waals surface area contributed by atoms with Crippen LogP contribution in [0.1, 0.15) is 41.5 Å². The largest absolute Gasteiger partial charge is 0.567 e. The number of hydrogen-bond acceptors (Lipinski definition) is 16. The Morgan fingerprint density at radius 2 is 0.818 bits per heavy atom. The average molecular weight is 675 g/mol. The Kier molecular flexibility index (Phi) is 13.4. The highest BCUT2D eigenvalue weighted by Crippen LogP contribution is 2.34. The third-order valence-electron chi connectivity index (χ3n) is 6.01. The van der Waals surface area contributed by atoms with Gasteiger partial charge in [-0.25, -0.2) is 0 Å². The SMILES string of the molecule is CC(=O)OC[C@H]1O[C@H](Cl)[C@H](/[N+]([O-])=[N+](\[O-])[C@@H]2[C@@H](OC(C)=O)[C@H](OC(C)=O)[C@@H](COC(C)=O)O[C@@H]2Cl)[C@@H](OC(C)=O)[C@H]1OC(C)=O. The van der Waals surface area contributed by atoms with Crippen molar-refractivity contribution >= 4 is 59.0 Å². The van der Waals surface area contributed by atoms with E-state index < -0.39 is 109 Å². The van der Waals surface area contributed by atoms with Crippen LogP contribution in [0.2, 0.25) is 0 Å². The molecule has 0 unspecified atom stereocenters. The molecule has 0 spiro atoms. The van der Waals surface area contributed by atoms with Crippen molar-refractivity contribution in [1.82, 2.24) is 0 Å². The summed E-state index contributed by atoms with van der Waals surface area (Å²) in [5, 5.41) is 27.4. The first-order valence-electron chi connectivity index (χ1n) is 12.9. The normalized spacial score (nSPS) is 32.3. The summed E-state index contributed by atoms with van der Waals surface area (Å²) in [6, 6.07) is -3.94. The lowest BCUT2D eigenvalue weighted by Gasteiger charge is -2.41. The Morgan fingerprint density at radius 3 is 1.07 bits per heavy atom. The summed E-state index contributed by atoms with van der Waals surface area (Å²) in [5.74, 6) is -5.33. The van der Waals surface area contributed by atoms with Crippen LogP contribution in [0.3, 0.4) is 0 Å². The predicted octanol–water partition coefficient (Wildman–Crippen LogP) is -0.0232. The summed E-state index contributed by atoms with van der Waals surface area (Å²) in [6.45, 7) is 4.96. The first-order chi connectivity index (χ1) is 20.4. The van der Waals surface area contributed by atoms with E-state index in [1.54, 1.807) is 0 Å². The van der Waals surface area contributed by atoms with Crippen molar-refractivity contribution in [2.75, 3.05) is 13.2 Å². The second-order valence-corrected chi connectivity index (χ2v) is 10.4. The number of halogens is 2. The van der Waals surface area contributed by atoms with Crippen molar-refractivity contribution < 1.29 is 76.4 Å². The summed E-state index contributed by atoms with van der Waals surface area (Å²) in [4.78, 5) is 70.0. The molecule has 0 saturated carbocycles. The molecule has 2 fully saturated rings. The maximum atomic E-state index is 13.7. The fourth-order valence-corrected chi connectivity index (χ4v) is 5.21. The topological polar surface area (TPSA) is 228 Å². The van der Waals surface area contributed by atoms with Gasteiger partial charge in [-0.05, 0) is 0 Å². The molecule has 0 N–H and O–H groups in total. The number of nitrogens with zero attached hydrogens (tertiary/aromatic N) is 2. The van der Waals surface area contributed by atoms with Crippen LogP contribution < -0.4 is 0 Å². The number of rotatable bonds is 10. The van der Waals surface area contributed by atoms with Crippen LogP contribution in [0.5, 0.6) is 0 Å². The second-order valence-electron chi connectivity index (χ2n) is 9.54. The van der Waals surface area contributed by atoms with Crippen molar-refractivity contribution in [2.45, 2.75) is 101 Å². The van der Waals surface area contributed by atoms with Gasteiger partial charge in [-0.3, -0.25) is 28.8 Å². The number of azo groups is 1. The number of ether oxygens (including phenoxy) is 8. The van der Waals surface area contributed by atoms with E-state index >= 15 is 0 Å². The fraction of sp³-hybridized carbons (Fsp3) is 0.750. The van der Waals surface area contributed by atoms with Gasteiger partial charge in [-0.2, -0.15) is 0 Å². The summed E-state index contributed by atoms with van der Waals surface area (Å²) in [6.07, 6.45) is -9.56. The number of esters is 6. The molecule has 0 amide bonds. The number of carbonyl (C=O) groups excluding carboxylic acids is 6. The molecule has 0 radical (unpaired) electrons. The van der Waals surface area contributed by atoms with E-state index in [1.165, 1.54) is 0 Å². The van der Waals surface area contributed by atoms with Gasteiger partial charge in [0.05, 0.1) is 0 Å². The van der Waals surface area contributed by atoms with Crippen LogP contribution in [-0.4, -0.2) is 119 Å². The molecule has 2 rings (SSSR count). The monoisotopic (exact) mass is 674 g/mol. The number of alkyl halides is 2. The molecule has 0 aromatic heterocycles. The molecule has 2 aliphatic heterocycles. The highest BCUT2D eigenvalue weighted by molar-refractivity contribution is 6.20. The third-order valence-corrected chi connectivity index (χ3v) is 6.74. The minimum Gasteiger partial charge on any atom is -0.567 e. The lowest BCUT2D eigenvalue weighted by Crippen LogP contribution is -2.66. The van der Waals surface area contributed by atoms with E-state index in [0.29, 0.717) is 0 Å². The first kappa shape index (κ1) is 36.7. The van der Waals surface area contributed by atoms with Gasteiger partial charge in [0.1, 0.15) is 25.4 Å². The molecular formula is C24H32Cl2N2O16. The lowest BCUT2D eigenvalue weighted by atomic mass is 9.97. The van der Waals surface area contributed by atoms with E-state index in [9.17, 15) is 39.2 Å². The third kappa shape index (κ3) is 9.76. The van der Waals surface area contributed by atoms with Crippen molar-refractivity contribution in [3.8, 4) is 0 Å². The Hall–Kier alpha value is -3.48.